The highest BCUT2D eigenvalue weighted by molar-refractivity contribution is 5.82. The number of pyridine rings is 1. The number of fused-ring (bicyclic) bond motifs is 1. The number of aromatic nitrogens is 1. The van der Waals surface area contributed by atoms with Crippen LogP contribution in [0.25, 0.3) is 10.9 Å². The number of halogens is 1. The van der Waals surface area contributed by atoms with E-state index >= 15 is 0 Å². The number of carbonyl (C=O) groups is 2. The van der Waals surface area contributed by atoms with Gasteiger partial charge in [0, 0.05) is 11.6 Å². The highest BCUT2D eigenvalue weighted by atomic mass is 19.1. The predicted octanol–water partition coefficient (Wildman–Crippen LogP) is 7.04. The Bertz CT molecular complexity index is 1260. The lowest BCUT2D eigenvalue weighted by atomic mass is 9.72. The third-order valence-corrected chi connectivity index (χ3v) is 7.53. The Balaban J connectivity index is 1.41. The first-order valence-electron chi connectivity index (χ1n) is 13.1. The van der Waals surface area contributed by atoms with Gasteiger partial charge in [-0.15, -0.1) is 0 Å². The van der Waals surface area contributed by atoms with E-state index in [9.17, 15) is 19.1 Å². The molecule has 2 atom stereocenters. The summed E-state index contributed by atoms with van der Waals surface area (Å²) in [5.41, 5.74) is 3.15. The first kappa shape index (κ1) is 26.8. The van der Waals surface area contributed by atoms with Gasteiger partial charge in [0.1, 0.15) is 11.4 Å². The number of benzene rings is 2. The molecule has 1 aliphatic rings. The minimum Gasteiger partial charge on any atom is -0.481 e. The second-order valence-electron chi connectivity index (χ2n) is 11.3. The van der Waals surface area contributed by atoms with Crippen LogP contribution < -0.4 is 0 Å². The number of ether oxygens (including phenoxy) is 1. The molecule has 2 aromatic carbocycles. The second-order valence-corrected chi connectivity index (χ2v) is 11.3. The Morgan fingerprint density at radius 1 is 1.05 bits per heavy atom. The highest BCUT2D eigenvalue weighted by Crippen LogP contribution is 2.41. The summed E-state index contributed by atoms with van der Waals surface area (Å²) in [5, 5.41) is 10.9. The monoisotopic (exact) mass is 505 g/mol. The number of carboxylic acids is 1. The summed E-state index contributed by atoms with van der Waals surface area (Å²) < 4.78 is 19.4. The smallest absolute Gasteiger partial charge is 0.313 e. The summed E-state index contributed by atoms with van der Waals surface area (Å²) >= 11 is 0. The van der Waals surface area contributed by atoms with Crippen molar-refractivity contribution in [2.24, 2.45) is 11.8 Å². The Hall–Kier alpha value is -3.28. The van der Waals surface area contributed by atoms with Crippen molar-refractivity contribution in [1.82, 2.24) is 4.98 Å². The van der Waals surface area contributed by atoms with Crippen LogP contribution in [0, 0.1) is 17.7 Å². The standard InChI is InChI=1S/C31H36FNO4/c1-19(30(36)37-31(2,3)4)21-7-5-20(6-8-21)17-26(29(34)35)23-11-9-22(10-12-23)25-15-16-33-28-14-13-24(32)18-27(25)28/h5-8,13-16,18-19,22-23,26H,9-12,17H2,1-4H3,(H,34,35). The lowest BCUT2D eigenvalue weighted by Crippen LogP contribution is -2.29. The maximum absolute atomic E-state index is 13.9. The van der Waals surface area contributed by atoms with E-state index in [1.807, 2.05) is 58.0 Å². The van der Waals surface area contributed by atoms with Crippen molar-refractivity contribution in [2.75, 3.05) is 0 Å². The Kier molecular flexibility index (Phi) is 7.96. The van der Waals surface area contributed by atoms with Gasteiger partial charge in [-0.05, 0) is 113 Å². The molecule has 1 saturated carbocycles. The fourth-order valence-electron chi connectivity index (χ4n) is 5.51. The van der Waals surface area contributed by atoms with E-state index in [-0.39, 0.29) is 23.6 Å². The molecule has 196 valence electrons. The van der Waals surface area contributed by atoms with E-state index in [2.05, 4.69) is 4.98 Å². The Labute approximate surface area is 218 Å². The first-order chi connectivity index (χ1) is 17.5. The molecule has 3 aromatic rings. The average molecular weight is 506 g/mol. The van der Waals surface area contributed by atoms with Crippen LogP contribution in [0.2, 0.25) is 0 Å². The minimum absolute atomic E-state index is 0.0824. The lowest BCUT2D eigenvalue weighted by Gasteiger charge is -2.33. The molecule has 0 spiro atoms. The molecule has 0 bridgehead atoms. The Morgan fingerprint density at radius 3 is 2.35 bits per heavy atom. The number of nitrogens with zero attached hydrogens (tertiary/aromatic N) is 1. The van der Waals surface area contributed by atoms with Gasteiger partial charge in [0.25, 0.3) is 0 Å². The fourth-order valence-corrected chi connectivity index (χ4v) is 5.51. The summed E-state index contributed by atoms with van der Waals surface area (Å²) in [4.78, 5) is 29.0. The molecule has 1 aliphatic carbocycles. The van der Waals surface area contributed by atoms with Crippen molar-refractivity contribution >= 4 is 22.8 Å². The first-order valence-corrected chi connectivity index (χ1v) is 13.1. The van der Waals surface area contributed by atoms with Crippen molar-refractivity contribution < 1.29 is 23.8 Å². The quantitative estimate of drug-likeness (QED) is 0.349. The number of hydrogen-bond donors (Lipinski definition) is 1. The number of hydrogen-bond acceptors (Lipinski definition) is 4. The Morgan fingerprint density at radius 2 is 1.73 bits per heavy atom. The zero-order chi connectivity index (χ0) is 26.7. The highest BCUT2D eigenvalue weighted by Gasteiger charge is 2.33. The third kappa shape index (κ3) is 6.54. The molecule has 2 unspecified atom stereocenters. The molecule has 1 heterocycles. The molecule has 1 N–H and O–H groups in total. The van der Waals surface area contributed by atoms with E-state index in [4.69, 9.17) is 4.74 Å². The summed E-state index contributed by atoms with van der Waals surface area (Å²) in [7, 11) is 0. The lowest BCUT2D eigenvalue weighted by molar-refractivity contribution is -0.156. The zero-order valence-corrected chi connectivity index (χ0v) is 22.0. The van der Waals surface area contributed by atoms with Gasteiger partial charge in [0.2, 0.25) is 0 Å². The molecule has 37 heavy (non-hydrogen) atoms. The van der Waals surface area contributed by atoms with Gasteiger partial charge < -0.3 is 9.84 Å². The predicted molar refractivity (Wildman–Crippen MR) is 142 cm³/mol. The van der Waals surface area contributed by atoms with Crippen LogP contribution in [-0.4, -0.2) is 27.6 Å². The van der Waals surface area contributed by atoms with Crippen LogP contribution in [0.1, 0.15) is 81.9 Å². The van der Waals surface area contributed by atoms with Crippen LogP contribution in [0.15, 0.2) is 54.7 Å². The van der Waals surface area contributed by atoms with Gasteiger partial charge in [-0.1, -0.05) is 24.3 Å². The summed E-state index contributed by atoms with van der Waals surface area (Å²) in [6.07, 6.45) is 5.60. The molecule has 1 aromatic heterocycles. The molecule has 4 rings (SSSR count). The number of aliphatic carboxylic acids is 1. The van der Waals surface area contributed by atoms with E-state index in [0.717, 1.165) is 53.3 Å². The maximum Gasteiger partial charge on any atom is 0.313 e. The number of rotatable bonds is 7. The van der Waals surface area contributed by atoms with Crippen molar-refractivity contribution in [3.63, 3.8) is 0 Å². The van der Waals surface area contributed by atoms with Gasteiger partial charge in [-0.3, -0.25) is 14.6 Å². The summed E-state index contributed by atoms with van der Waals surface area (Å²) in [5.74, 6) is -1.83. The van der Waals surface area contributed by atoms with Crippen molar-refractivity contribution in [3.8, 4) is 0 Å². The minimum atomic E-state index is -0.772. The fraction of sp³-hybridized carbons (Fsp3) is 0.452. The molecule has 6 heteroatoms. The third-order valence-electron chi connectivity index (χ3n) is 7.53. The number of carbonyl (C=O) groups excluding carboxylic acids is 1. The SMILES string of the molecule is CC(C(=O)OC(C)(C)C)c1ccc(CC(C(=O)O)C2CCC(c3ccnc4ccc(F)cc34)CC2)cc1. The second kappa shape index (κ2) is 11.0. The summed E-state index contributed by atoms with van der Waals surface area (Å²) in [6, 6.07) is 14.3. The van der Waals surface area contributed by atoms with Crippen molar-refractivity contribution in [3.05, 3.63) is 77.2 Å². The van der Waals surface area contributed by atoms with E-state index in [0.29, 0.717) is 6.42 Å². The van der Waals surface area contributed by atoms with Gasteiger partial charge in [0.05, 0.1) is 17.4 Å². The number of esters is 1. The topological polar surface area (TPSA) is 76.5 Å². The molecular weight excluding hydrogens is 469 g/mol. The molecular formula is C31H36FNO4. The normalized spacial score (nSPS) is 19.8. The van der Waals surface area contributed by atoms with Gasteiger partial charge in [0.15, 0.2) is 0 Å². The van der Waals surface area contributed by atoms with Gasteiger partial charge >= 0.3 is 11.9 Å². The van der Waals surface area contributed by atoms with Crippen LogP contribution >= 0.6 is 0 Å². The van der Waals surface area contributed by atoms with Crippen LogP contribution in [-0.2, 0) is 20.7 Å². The molecule has 0 aliphatic heterocycles. The molecule has 0 radical (unpaired) electrons. The van der Waals surface area contributed by atoms with E-state index < -0.39 is 23.4 Å². The maximum atomic E-state index is 13.9. The van der Waals surface area contributed by atoms with E-state index in [1.54, 1.807) is 18.3 Å². The van der Waals surface area contributed by atoms with Gasteiger partial charge in [-0.25, -0.2) is 4.39 Å². The van der Waals surface area contributed by atoms with Crippen molar-refractivity contribution in [2.45, 2.75) is 77.2 Å². The molecule has 1 fully saturated rings. The average Bonchev–Trinajstić information content (AvgIpc) is 2.86. The van der Waals surface area contributed by atoms with E-state index in [1.165, 1.54) is 6.07 Å². The molecule has 0 saturated heterocycles. The zero-order valence-electron chi connectivity index (χ0n) is 22.0. The molecule has 5 nitrogen and oxygen atoms in total. The van der Waals surface area contributed by atoms with Crippen LogP contribution in [0.4, 0.5) is 4.39 Å². The van der Waals surface area contributed by atoms with Crippen LogP contribution in [0.5, 0.6) is 0 Å². The van der Waals surface area contributed by atoms with Gasteiger partial charge in [-0.2, -0.15) is 0 Å². The number of carboxylic acid groups (broad SMARTS) is 1. The molecule has 0 amide bonds. The van der Waals surface area contributed by atoms with Crippen LogP contribution in [0.3, 0.4) is 0 Å². The largest absolute Gasteiger partial charge is 0.481 e. The summed E-state index contributed by atoms with van der Waals surface area (Å²) in [6.45, 7) is 7.36. The van der Waals surface area contributed by atoms with Crippen molar-refractivity contribution in [1.29, 1.82) is 0 Å².